The first-order valence-electron chi connectivity index (χ1n) is 11.9. The molecule has 4 N–H and O–H groups in total. The molecule has 0 saturated carbocycles. The van der Waals surface area contributed by atoms with Gasteiger partial charge < -0.3 is 15.2 Å². The molecule has 0 unspecified atom stereocenters. The Morgan fingerprint density at radius 2 is 2.00 bits per heavy atom. The lowest BCUT2D eigenvalue weighted by molar-refractivity contribution is 0.320. The fourth-order valence-electron chi connectivity index (χ4n) is 3.34. The maximum atomic E-state index is 12.5. The van der Waals surface area contributed by atoms with Gasteiger partial charge in [-0.2, -0.15) is 4.98 Å². The lowest BCUT2D eigenvalue weighted by atomic mass is 9.94. The van der Waals surface area contributed by atoms with Crippen molar-refractivity contribution in [3.8, 4) is 11.8 Å². The first-order chi connectivity index (χ1) is 17.9. The molecular weight excluding hydrogens is 530 g/mol. The summed E-state index contributed by atoms with van der Waals surface area (Å²) in [5.41, 5.74) is 0.680. The highest BCUT2D eigenvalue weighted by Crippen LogP contribution is 2.24. The van der Waals surface area contributed by atoms with Crippen molar-refractivity contribution >= 4 is 37.5 Å². The molecule has 4 rings (SSSR count). The number of nitrogens with zero attached hydrogens (tertiary/aromatic N) is 3. The van der Waals surface area contributed by atoms with Gasteiger partial charge in [0.25, 0.3) is 10.0 Å². The highest BCUT2D eigenvalue weighted by atomic mass is 32.2. The summed E-state index contributed by atoms with van der Waals surface area (Å²) in [7, 11) is -7.46. The fourth-order valence-corrected chi connectivity index (χ4v) is 5.38. The first kappa shape index (κ1) is 27.5. The van der Waals surface area contributed by atoms with Crippen LogP contribution in [0.1, 0.15) is 44.9 Å². The number of benzene rings is 1. The summed E-state index contributed by atoms with van der Waals surface area (Å²) in [5, 5.41) is 9.68. The van der Waals surface area contributed by atoms with Crippen LogP contribution in [0.3, 0.4) is 0 Å². The molecule has 4 bridgehead atoms. The molecule has 38 heavy (non-hydrogen) atoms. The van der Waals surface area contributed by atoms with Crippen molar-refractivity contribution in [2.45, 2.75) is 48.9 Å². The van der Waals surface area contributed by atoms with E-state index in [-0.39, 0.29) is 40.8 Å². The molecule has 0 saturated heterocycles. The summed E-state index contributed by atoms with van der Waals surface area (Å²) in [6.45, 7) is 6.47. The van der Waals surface area contributed by atoms with Crippen molar-refractivity contribution in [2.75, 3.05) is 30.3 Å². The molecule has 0 atom stereocenters. The van der Waals surface area contributed by atoms with E-state index in [1.54, 1.807) is 18.3 Å². The average molecular weight is 560 g/mol. The van der Waals surface area contributed by atoms with Crippen LogP contribution in [0.25, 0.3) is 0 Å². The Morgan fingerprint density at radius 1 is 1.18 bits per heavy atom. The second kappa shape index (κ2) is 11.1. The van der Waals surface area contributed by atoms with Gasteiger partial charge in [0.1, 0.15) is 11.6 Å². The van der Waals surface area contributed by atoms with Crippen LogP contribution in [0, 0.1) is 11.8 Å². The van der Waals surface area contributed by atoms with Crippen molar-refractivity contribution in [1.82, 2.24) is 24.6 Å². The third-order valence-corrected chi connectivity index (χ3v) is 8.18. The summed E-state index contributed by atoms with van der Waals surface area (Å²) in [4.78, 5) is 8.92. The van der Waals surface area contributed by atoms with Crippen LogP contribution >= 0.6 is 0 Å². The Kier molecular flexibility index (Phi) is 8.02. The third kappa shape index (κ3) is 6.87. The van der Waals surface area contributed by atoms with Crippen molar-refractivity contribution < 1.29 is 21.4 Å². The van der Waals surface area contributed by atoms with E-state index in [0.29, 0.717) is 35.8 Å². The topological polar surface area (TPSA) is 168 Å². The summed E-state index contributed by atoms with van der Waals surface area (Å²) < 4.78 is 60.2. The number of fused-ring (bicyclic) bond motifs is 4. The van der Waals surface area contributed by atoms with Crippen LogP contribution < -0.4 is 20.1 Å². The Balaban J connectivity index is 1.44. The van der Waals surface area contributed by atoms with Crippen LogP contribution in [0.15, 0.2) is 51.0 Å². The fraction of sp³-hybridized carbons (Fsp3) is 0.375. The van der Waals surface area contributed by atoms with Crippen LogP contribution in [0.5, 0.6) is 0 Å². The predicted octanol–water partition coefficient (Wildman–Crippen LogP) is 2.32. The van der Waals surface area contributed by atoms with Gasteiger partial charge in [-0.05, 0) is 24.6 Å². The van der Waals surface area contributed by atoms with Gasteiger partial charge in [-0.1, -0.05) is 43.8 Å². The summed E-state index contributed by atoms with van der Waals surface area (Å²) in [6.07, 6.45) is 2.30. The van der Waals surface area contributed by atoms with Crippen molar-refractivity contribution in [3.63, 3.8) is 0 Å². The van der Waals surface area contributed by atoms with Gasteiger partial charge in [-0.3, -0.25) is 0 Å². The molecule has 202 valence electrons. The lowest BCUT2D eigenvalue weighted by Crippen LogP contribution is -2.26. The van der Waals surface area contributed by atoms with Crippen LogP contribution in [-0.2, 0) is 25.5 Å². The molecule has 1 aliphatic heterocycles. The molecule has 0 radical (unpaired) electrons. The maximum Gasteiger partial charge on any atom is 0.261 e. The Labute approximate surface area is 222 Å². The van der Waals surface area contributed by atoms with Gasteiger partial charge in [0.05, 0.1) is 16.7 Å². The summed E-state index contributed by atoms with van der Waals surface area (Å²) >= 11 is 0. The third-order valence-electron chi connectivity index (χ3n) is 5.40. The minimum atomic E-state index is -3.83. The Bertz CT molecular complexity index is 1580. The molecule has 14 heteroatoms. The van der Waals surface area contributed by atoms with Crippen molar-refractivity contribution in [2.24, 2.45) is 0 Å². The van der Waals surface area contributed by atoms with E-state index in [9.17, 15) is 16.8 Å². The molecule has 3 heterocycles. The number of rotatable bonds is 4. The SMILES string of the molecule is CC(C)(C)c1cc(S(=O)(=O)NCCC#Cc2cnc3nc2NCCCNS(=O)(=O)c2cccc(c2)N3)no1. The molecule has 12 nitrogen and oxygen atoms in total. The molecule has 0 fully saturated rings. The minimum absolute atomic E-state index is 0.0762. The van der Waals surface area contributed by atoms with Gasteiger partial charge in [0.15, 0.2) is 0 Å². The van der Waals surface area contributed by atoms with Gasteiger partial charge in [-0.25, -0.2) is 31.3 Å². The smallest absolute Gasteiger partial charge is 0.261 e. The van der Waals surface area contributed by atoms with Gasteiger partial charge >= 0.3 is 0 Å². The second-order valence-electron chi connectivity index (χ2n) is 9.52. The van der Waals surface area contributed by atoms with E-state index < -0.39 is 20.0 Å². The van der Waals surface area contributed by atoms with Gasteiger partial charge in [0, 0.05) is 43.2 Å². The molecule has 0 amide bonds. The predicted molar refractivity (Wildman–Crippen MR) is 142 cm³/mol. The molecule has 2 aromatic heterocycles. The highest BCUT2D eigenvalue weighted by molar-refractivity contribution is 7.89. The Hall–Kier alpha value is -3.51. The molecular formula is C24H29N7O5S2. The normalized spacial score (nSPS) is 15.4. The van der Waals surface area contributed by atoms with E-state index in [1.807, 2.05) is 20.8 Å². The van der Waals surface area contributed by atoms with Crippen molar-refractivity contribution in [3.05, 3.63) is 47.9 Å². The standard InChI is InChI=1S/C24H29N7O5S2/c1-24(2,3)20-15-21(31-36-20)38(34,35)28-12-5-4-8-17-16-26-23-29-18-9-6-10-19(14-18)37(32,33)27-13-7-11-25-22(17)30-23/h6,9-10,14-16,27-28H,5,7,11-13H2,1-3H3,(H2,25,26,29,30). The van der Waals surface area contributed by atoms with Crippen molar-refractivity contribution in [1.29, 1.82) is 0 Å². The number of anilines is 3. The van der Waals surface area contributed by atoms with Gasteiger partial charge in [0.2, 0.25) is 21.0 Å². The average Bonchev–Trinajstić information content (AvgIpc) is 3.37. The minimum Gasteiger partial charge on any atom is -0.369 e. The number of hydrogen-bond donors (Lipinski definition) is 4. The number of aromatic nitrogens is 3. The lowest BCUT2D eigenvalue weighted by Gasteiger charge is -2.12. The molecule has 0 aliphatic carbocycles. The maximum absolute atomic E-state index is 12.5. The second-order valence-corrected chi connectivity index (χ2v) is 13.0. The Morgan fingerprint density at radius 3 is 2.76 bits per heavy atom. The van der Waals surface area contributed by atoms with E-state index in [2.05, 4.69) is 47.0 Å². The monoisotopic (exact) mass is 559 g/mol. The quantitative estimate of drug-likeness (QED) is 0.275. The summed E-state index contributed by atoms with van der Waals surface area (Å²) in [5.74, 6) is 7.13. The van der Waals surface area contributed by atoms with E-state index >= 15 is 0 Å². The zero-order chi connectivity index (χ0) is 27.4. The van der Waals surface area contributed by atoms with Gasteiger partial charge in [-0.15, -0.1) is 0 Å². The summed E-state index contributed by atoms with van der Waals surface area (Å²) in [6, 6.07) is 7.80. The largest absolute Gasteiger partial charge is 0.369 e. The van der Waals surface area contributed by atoms with Crippen LogP contribution in [0.4, 0.5) is 17.5 Å². The highest BCUT2D eigenvalue weighted by Gasteiger charge is 2.25. The van der Waals surface area contributed by atoms with Crippen LogP contribution in [0.2, 0.25) is 0 Å². The van der Waals surface area contributed by atoms with E-state index in [0.717, 1.165) is 0 Å². The first-order valence-corrected chi connectivity index (χ1v) is 14.8. The molecule has 1 aromatic carbocycles. The number of hydrogen-bond acceptors (Lipinski definition) is 10. The molecule has 3 aromatic rings. The number of sulfonamides is 2. The van der Waals surface area contributed by atoms with Crippen LogP contribution in [-0.4, -0.2) is 51.6 Å². The molecule has 1 aliphatic rings. The number of nitrogens with one attached hydrogen (secondary N) is 4. The molecule has 0 spiro atoms. The van der Waals surface area contributed by atoms with E-state index in [1.165, 1.54) is 18.2 Å². The zero-order valence-corrected chi connectivity index (χ0v) is 22.8. The van der Waals surface area contributed by atoms with E-state index in [4.69, 9.17) is 4.52 Å². The zero-order valence-electron chi connectivity index (χ0n) is 21.2.